The zero-order valence-electron chi connectivity index (χ0n) is 8.42. The Hall–Kier alpha value is -0.340. The fourth-order valence-electron chi connectivity index (χ4n) is 2.24. The number of hydrogen-bond acceptors (Lipinski definition) is 2. The monoisotopic (exact) mass is 180 g/mol. The first kappa shape index (κ1) is 9.22. The molecule has 2 nitrogen and oxygen atoms in total. The summed E-state index contributed by atoms with van der Waals surface area (Å²) in [6.45, 7) is 2.22. The van der Waals surface area contributed by atoms with Crippen molar-refractivity contribution in [3.8, 4) is 0 Å². The van der Waals surface area contributed by atoms with Crippen LogP contribution in [0.1, 0.15) is 39.0 Å². The standard InChI is InChI=1S/C11H20N2/c1-8-2-7-11(8)13-10-5-3-9(12)4-6-10/h2,9-11,13H,3-7,12H2,1H3/t9?,10?,11-/m1/s1. The van der Waals surface area contributed by atoms with Crippen molar-refractivity contribution in [2.75, 3.05) is 0 Å². The molecule has 0 spiro atoms. The average molecular weight is 180 g/mol. The zero-order chi connectivity index (χ0) is 9.26. The van der Waals surface area contributed by atoms with Gasteiger partial charge in [0.15, 0.2) is 0 Å². The molecule has 2 aliphatic rings. The van der Waals surface area contributed by atoms with E-state index in [1.807, 2.05) is 0 Å². The maximum absolute atomic E-state index is 5.86. The van der Waals surface area contributed by atoms with E-state index in [4.69, 9.17) is 5.73 Å². The predicted molar refractivity (Wildman–Crippen MR) is 55.5 cm³/mol. The van der Waals surface area contributed by atoms with Gasteiger partial charge in [-0.2, -0.15) is 0 Å². The van der Waals surface area contributed by atoms with E-state index >= 15 is 0 Å². The van der Waals surface area contributed by atoms with Crippen LogP contribution in [0.15, 0.2) is 11.6 Å². The quantitative estimate of drug-likeness (QED) is 0.633. The fraction of sp³-hybridized carbons (Fsp3) is 0.818. The molecule has 0 heterocycles. The Labute approximate surface area is 80.6 Å². The van der Waals surface area contributed by atoms with Gasteiger partial charge in [-0.05, 0) is 39.0 Å². The van der Waals surface area contributed by atoms with Crippen LogP contribution in [-0.2, 0) is 0 Å². The summed E-state index contributed by atoms with van der Waals surface area (Å²) < 4.78 is 0. The Morgan fingerprint density at radius 3 is 2.46 bits per heavy atom. The van der Waals surface area contributed by atoms with E-state index in [1.54, 1.807) is 0 Å². The first-order chi connectivity index (χ1) is 6.25. The summed E-state index contributed by atoms with van der Waals surface area (Å²) in [5.41, 5.74) is 7.39. The molecule has 1 atom stereocenters. The van der Waals surface area contributed by atoms with Gasteiger partial charge in [0.25, 0.3) is 0 Å². The van der Waals surface area contributed by atoms with Crippen molar-refractivity contribution in [3.63, 3.8) is 0 Å². The van der Waals surface area contributed by atoms with E-state index < -0.39 is 0 Å². The first-order valence-corrected chi connectivity index (χ1v) is 5.44. The van der Waals surface area contributed by atoms with Crippen LogP contribution in [-0.4, -0.2) is 18.1 Å². The Balaban J connectivity index is 1.74. The number of rotatable bonds is 2. The molecule has 2 aliphatic carbocycles. The Morgan fingerprint density at radius 1 is 1.31 bits per heavy atom. The van der Waals surface area contributed by atoms with Gasteiger partial charge in [-0.25, -0.2) is 0 Å². The summed E-state index contributed by atoms with van der Waals surface area (Å²) in [5.74, 6) is 0. The molecule has 0 aromatic carbocycles. The van der Waals surface area contributed by atoms with E-state index in [0.29, 0.717) is 12.1 Å². The SMILES string of the molecule is CC1=CC[C@H]1NC1CCC(N)CC1. The summed E-state index contributed by atoms with van der Waals surface area (Å²) >= 11 is 0. The summed E-state index contributed by atoms with van der Waals surface area (Å²) in [7, 11) is 0. The first-order valence-electron chi connectivity index (χ1n) is 5.44. The lowest BCUT2D eigenvalue weighted by Gasteiger charge is -2.34. The van der Waals surface area contributed by atoms with Crippen molar-refractivity contribution < 1.29 is 0 Å². The minimum absolute atomic E-state index is 0.469. The van der Waals surface area contributed by atoms with Crippen molar-refractivity contribution in [2.24, 2.45) is 5.73 Å². The van der Waals surface area contributed by atoms with Crippen molar-refractivity contribution in [1.82, 2.24) is 5.32 Å². The van der Waals surface area contributed by atoms with Crippen LogP contribution in [0, 0.1) is 0 Å². The highest BCUT2D eigenvalue weighted by molar-refractivity contribution is 5.20. The largest absolute Gasteiger partial charge is 0.328 e. The summed E-state index contributed by atoms with van der Waals surface area (Å²) in [4.78, 5) is 0. The number of nitrogens with one attached hydrogen (secondary N) is 1. The highest BCUT2D eigenvalue weighted by atomic mass is 15.0. The molecule has 0 bridgehead atoms. The van der Waals surface area contributed by atoms with Gasteiger partial charge in [0.1, 0.15) is 0 Å². The van der Waals surface area contributed by atoms with Crippen molar-refractivity contribution in [3.05, 3.63) is 11.6 Å². The van der Waals surface area contributed by atoms with Gasteiger partial charge in [-0.1, -0.05) is 11.6 Å². The third kappa shape index (κ3) is 2.12. The molecule has 0 amide bonds. The van der Waals surface area contributed by atoms with Crippen LogP contribution in [0.5, 0.6) is 0 Å². The molecule has 13 heavy (non-hydrogen) atoms. The van der Waals surface area contributed by atoms with Crippen LogP contribution in [0.3, 0.4) is 0 Å². The molecule has 2 rings (SSSR count). The van der Waals surface area contributed by atoms with Gasteiger partial charge in [0, 0.05) is 18.1 Å². The van der Waals surface area contributed by atoms with Gasteiger partial charge < -0.3 is 11.1 Å². The Kier molecular flexibility index (Phi) is 2.70. The maximum Gasteiger partial charge on any atom is 0.0313 e. The summed E-state index contributed by atoms with van der Waals surface area (Å²) in [6, 6.07) is 1.88. The molecular formula is C11H20N2. The lowest BCUT2D eigenvalue weighted by molar-refractivity contribution is 0.318. The van der Waals surface area contributed by atoms with Crippen molar-refractivity contribution in [1.29, 1.82) is 0 Å². The smallest absolute Gasteiger partial charge is 0.0313 e. The van der Waals surface area contributed by atoms with E-state index in [0.717, 1.165) is 6.04 Å². The summed E-state index contributed by atoms with van der Waals surface area (Å²) in [5, 5.41) is 3.70. The van der Waals surface area contributed by atoms with Crippen LogP contribution in [0.25, 0.3) is 0 Å². The lowest BCUT2D eigenvalue weighted by atomic mass is 9.88. The molecule has 0 unspecified atom stereocenters. The molecule has 0 saturated heterocycles. The van der Waals surface area contributed by atoms with E-state index in [1.165, 1.54) is 37.7 Å². The molecule has 0 aromatic rings. The highest BCUT2D eigenvalue weighted by Crippen LogP contribution is 2.23. The molecule has 74 valence electrons. The molecule has 2 heteroatoms. The second-order valence-corrected chi connectivity index (χ2v) is 4.51. The summed E-state index contributed by atoms with van der Waals surface area (Å²) in [6.07, 6.45) is 8.48. The van der Waals surface area contributed by atoms with Crippen LogP contribution >= 0.6 is 0 Å². The van der Waals surface area contributed by atoms with E-state index in [9.17, 15) is 0 Å². The third-order valence-corrected chi connectivity index (χ3v) is 3.43. The maximum atomic E-state index is 5.86. The van der Waals surface area contributed by atoms with Gasteiger partial charge in [0.2, 0.25) is 0 Å². The van der Waals surface area contributed by atoms with Gasteiger partial charge in [0.05, 0.1) is 0 Å². The van der Waals surface area contributed by atoms with Crippen LogP contribution < -0.4 is 11.1 Å². The molecule has 1 fully saturated rings. The highest BCUT2D eigenvalue weighted by Gasteiger charge is 2.24. The molecule has 0 aromatic heterocycles. The fourth-order valence-corrected chi connectivity index (χ4v) is 2.24. The molecule has 0 aliphatic heterocycles. The molecule has 1 saturated carbocycles. The Morgan fingerprint density at radius 2 is 2.00 bits per heavy atom. The van der Waals surface area contributed by atoms with Crippen LogP contribution in [0.4, 0.5) is 0 Å². The molecule has 0 radical (unpaired) electrons. The zero-order valence-corrected chi connectivity index (χ0v) is 8.42. The minimum atomic E-state index is 0.469. The normalized spacial score (nSPS) is 39.5. The van der Waals surface area contributed by atoms with Gasteiger partial charge >= 0.3 is 0 Å². The number of nitrogens with two attached hydrogens (primary N) is 1. The number of hydrogen-bond donors (Lipinski definition) is 2. The Bertz CT molecular complexity index is 202. The second-order valence-electron chi connectivity index (χ2n) is 4.51. The van der Waals surface area contributed by atoms with Gasteiger partial charge in [-0.3, -0.25) is 0 Å². The molecule has 3 N–H and O–H groups in total. The predicted octanol–water partition coefficient (Wildman–Crippen LogP) is 1.56. The van der Waals surface area contributed by atoms with Gasteiger partial charge in [-0.15, -0.1) is 0 Å². The average Bonchev–Trinajstić information content (AvgIpc) is 2.15. The van der Waals surface area contributed by atoms with Crippen molar-refractivity contribution >= 4 is 0 Å². The van der Waals surface area contributed by atoms with Crippen molar-refractivity contribution in [2.45, 2.75) is 57.2 Å². The van der Waals surface area contributed by atoms with Crippen LogP contribution in [0.2, 0.25) is 0 Å². The topological polar surface area (TPSA) is 38.0 Å². The molecular weight excluding hydrogens is 160 g/mol. The second kappa shape index (κ2) is 3.81. The minimum Gasteiger partial charge on any atom is -0.328 e. The lowest BCUT2D eigenvalue weighted by Crippen LogP contribution is -2.45. The van der Waals surface area contributed by atoms with E-state index in [2.05, 4.69) is 18.3 Å². The van der Waals surface area contributed by atoms with E-state index in [-0.39, 0.29) is 0 Å². The third-order valence-electron chi connectivity index (χ3n) is 3.43.